The van der Waals surface area contributed by atoms with Crippen LogP contribution in [0.2, 0.25) is 0 Å². The number of carbonyl (C=O) groups excluding carboxylic acids is 2. The Morgan fingerprint density at radius 3 is 2.21 bits per heavy atom. The van der Waals surface area contributed by atoms with Crippen molar-refractivity contribution in [2.24, 2.45) is 0 Å². The largest absolute Gasteiger partial charge is 0.462 e. The molecule has 0 radical (unpaired) electrons. The van der Waals surface area contributed by atoms with E-state index in [4.69, 9.17) is 9.47 Å². The monoisotopic (exact) mass is 482 g/mol. The van der Waals surface area contributed by atoms with Crippen LogP contribution >= 0.6 is 0 Å². The van der Waals surface area contributed by atoms with Crippen molar-refractivity contribution < 1.29 is 27.5 Å². The molecule has 0 saturated carbocycles. The number of hydrogen-bond donors (Lipinski definition) is 1. The fourth-order valence-corrected chi connectivity index (χ4v) is 3.98. The van der Waals surface area contributed by atoms with Crippen molar-refractivity contribution in [1.29, 1.82) is 0 Å². The highest BCUT2D eigenvalue weighted by atomic mass is 32.2. The van der Waals surface area contributed by atoms with E-state index in [-0.39, 0.29) is 12.2 Å². The number of rotatable bonds is 9. The van der Waals surface area contributed by atoms with Crippen molar-refractivity contribution in [1.82, 2.24) is 0 Å². The van der Waals surface area contributed by atoms with Gasteiger partial charge in [-0.25, -0.2) is 13.2 Å². The van der Waals surface area contributed by atoms with Crippen LogP contribution in [0.3, 0.4) is 0 Å². The second kappa shape index (κ2) is 10.8. The maximum atomic E-state index is 12.8. The van der Waals surface area contributed by atoms with Gasteiger partial charge in [0.1, 0.15) is 18.0 Å². The predicted molar refractivity (Wildman–Crippen MR) is 131 cm³/mol. The highest BCUT2D eigenvalue weighted by Gasteiger charge is 2.22. The van der Waals surface area contributed by atoms with Gasteiger partial charge in [-0.15, -0.1) is 0 Å². The Balaban J connectivity index is 1.75. The van der Waals surface area contributed by atoms with Gasteiger partial charge in [-0.3, -0.25) is 9.10 Å². The van der Waals surface area contributed by atoms with Crippen molar-refractivity contribution in [2.45, 2.75) is 13.8 Å². The summed E-state index contributed by atoms with van der Waals surface area (Å²) >= 11 is 0. The lowest BCUT2D eigenvalue weighted by atomic mass is 10.1. The first-order valence-corrected chi connectivity index (χ1v) is 12.4. The molecule has 178 valence electrons. The second-order valence-corrected chi connectivity index (χ2v) is 9.38. The van der Waals surface area contributed by atoms with Crippen molar-refractivity contribution in [2.75, 3.05) is 29.0 Å². The highest BCUT2D eigenvalue weighted by Crippen LogP contribution is 2.26. The first kappa shape index (κ1) is 24.8. The Kier molecular flexibility index (Phi) is 7.91. The minimum atomic E-state index is -3.76. The summed E-state index contributed by atoms with van der Waals surface area (Å²) in [6.07, 6.45) is 1.03. The molecule has 9 heteroatoms. The van der Waals surface area contributed by atoms with Gasteiger partial charge in [0.2, 0.25) is 15.9 Å². The van der Waals surface area contributed by atoms with E-state index in [0.29, 0.717) is 22.9 Å². The van der Waals surface area contributed by atoms with Crippen LogP contribution in [0.1, 0.15) is 22.8 Å². The molecule has 1 amide bonds. The lowest BCUT2D eigenvalue weighted by Gasteiger charge is -2.22. The zero-order chi connectivity index (χ0) is 24.7. The topological polar surface area (TPSA) is 102 Å². The van der Waals surface area contributed by atoms with E-state index < -0.39 is 28.4 Å². The van der Waals surface area contributed by atoms with Gasteiger partial charge >= 0.3 is 5.97 Å². The van der Waals surface area contributed by atoms with Crippen molar-refractivity contribution in [3.63, 3.8) is 0 Å². The number of sulfonamides is 1. The van der Waals surface area contributed by atoms with Crippen LogP contribution in [-0.4, -0.2) is 39.7 Å². The van der Waals surface area contributed by atoms with Crippen LogP contribution in [0.5, 0.6) is 11.5 Å². The molecule has 0 aromatic heterocycles. The smallest absolute Gasteiger partial charge is 0.338 e. The van der Waals surface area contributed by atoms with Gasteiger partial charge in [0.25, 0.3) is 0 Å². The van der Waals surface area contributed by atoms with Gasteiger partial charge in [0.05, 0.1) is 24.1 Å². The lowest BCUT2D eigenvalue weighted by molar-refractivity contribution is -0.114. The number of nitrogens with zero attached hydrogens (tertiary/aromatic N) is 1. The zero-order valence-corrected chi connectivity index (χ0v) is 20.0. The minimum absolute atomic E-state index is 0.229. The van der Waals surface area contributed by atoms with Crippen LogP contribution in [0, 0.1) is 6.92 Å². The molecular weight excluding hydrogens is 456 g/mol. The minimum Gasteiger partial charge on any atom is -0.462 e. The van der Waals surface area contributed by atoms with Gasteiger partial charge in [0.15, 0.2) is 0 Å². The number of carbonyl (C=O) groups is 2. The zero-order valence-electron chi connectivity index (χ0n) is 19.1. The summed E-state index contributed by atoms with van der Waals surface area (Å²) in [6.45, 7) is 3.26. The summed E-state index contributed by atoms with van der Waals surface area (Å²) < 4.78 is 36.6. The van der Waals surface area contributed by atoms with Gasteiger partial charge in [-0.1, -0.05) is 24.3 Å². The van der Waals surface area contributed by atoms with Gasteiger partial charge in [-0.05, 0) is 67.9 Å². The van der Waals surface area contributed by atoms with E-state index in [1.54, 1.807) is 62.4 Å². The molecule has 1 N–H and O–H groups in total. The standard InChI is InChI=1S/C25H26N2O6S/c1-4-32-25(29)19-11-10-18(2)23(16-19)26-24(28)17-27(34(3,30)31)20-12-14-22(15-13-20)33-21-8-6-5-7-9-21/h5-16H,4,17H2,1-3H3,(H,26,28). The van der Waals surface area contributed by atoms with Crippen molar-refractivity contribution in [3.05, 3.63) is 83.9 Å². The van der Waals surface area contributed by atoms with E-state index in [2.05, 4.69) is 5.32 Å². The van der Waals surface area contributed by atoms with Crippen LogP contribution in [0.15, 0.2) is 72.8 Å². The number of benzene rings is 3. The van der Waals surface area contributed by atoms with E-state index >= 15 is 0 Å². The molecule has 0 atom stereocenters. The molecule has 0 bridgehead atoms. The molecule has 0 aliphatic carbocycles. The third kappa shape index (κ3) is 6.58. The third-order valence-electron chi connectivity index (χ3n) is 4.81. The number of aryl methyl sites for hydroxylation is 1. The normalized spacial score (nSPS) is 10.9. The molecular formula is C25H26N2O6S. The summed E-state index contributed by atoms with van der Waals surface area (Å²) in [4.78, 5) is 24.8. The predicted octanol–water partition coefficient (Wildman–Crippen LogP) is 4.37. The van der Waals surface area contributed by atoms with Crippen LogP contribution in [0.4, 0.5) is 11.4 Å². The molecule has 0 heterocycles. The molecule has 0 fully saturated rings. The Labute approximate surface area is 199 Å². The quantitative estimate of drug-likeness (QED) is 0.455. The molecule has 3 rings (SSSR count). The molecule has 8 nitrogen and oxygen atoms in total. The Morgan fingerprint density at radius 1 is 0.941 bits per heavy atom. The number of esters is 1. The van der Waals surface area contributed by atoms with Crippen LogP contribution in [0.25, 0.3) is 0 Å². The first-order chi connectivity index (χ1) is 16.2. The molecule has 0 aliphatic heterocycles. The Morgan fingerprint density at radius 2 is 1.59 bits per heavy atom. The van der Waals surface area contributed by atoms with Crippen LogP contribution < -0.4 is 14.4 Å². The van der Waals surface area contributed by atoms with Crippen LogP contribution in [-0.2, 0) is 19.6 Å². The average Bonchev–Trinajstić information content (AvgIpc) is 2.80. The first-order valence-electron chi connectivity index (χ1n) is 10.6. The number of amides is 1. The molecule has 3 aromatic carbocycles. The fraction of sp³-hybridized carbons (Fsp3) is 0.200. The number of ether oxygens (including phenoxy) is 2. The molecule has 34 heavy (non-hydrogen) atoms. The van der Waals surface area contributed by atoms with Crippen molar-refractivity contribution in [3.8, 4) is 11.5 Å². The Bertz CT molecular complexity index is 1260. The summed E-state index contributed by atoms with van der Waals surface area (Å²) in [5, 5.41) is 2.69. The molecule has 0 saturated heterocycles. The van der Waals surface area contributed by atoms with Gasteiger partial charge in [-0.2, -0.15) is 0 Å². The SMILES string of the molecule is CCOC(=O)c1ccc(C)c(NC(=O)CN(c2ccc(Oc3ccccc3)cc2)S(C)(=O)=O)c1. The number of hydrogen-bond acceptors (Lipinski definition) is 6. The van der Waals surface area contributed by atoms with Crippen molar-refractivity contribution >= 4 is 33.3 Å². The molecule has 0 unspecified atom stereocenters. The number of nitrogens with one attached hydrogen (secondary N) is 1. The lowest BCUT2D eigenvalue weighted by Crippen LogP contribution is -2.37. The van der Waals surface area contributed by atoms with E-state index in [1.807, 2.05) is 18.2 Å². The van der Waals surface area contributed by atoms with E-state index in [0.717, 1.165) is 16.1 Å². The van der Waals surface area contributed by atoms with E-state index in [1.165, 1.54) is 6.07 Å². The summed E-state index contributed by atoms with van der Waals surface area (Å²) in [5.74, 6) is 0.113. The van der Waals surface area contributed by atoms with Gasteiger partial charge in [0, 0.05) is 5.69 Å². The molecule has 3 aromatic rings. The summed E-state index contributed by atoms with van der Waals surface area (Å²) in [7, 11) is -3.76. The summed E-state index contributed by atoms with van der Waals surface area (Å²) in [6, 6.07) is 20.4. The third-order valence-corrected chi connectivity index (χ3v) is 5.95. The molecule has 0 spiro atoms. The number of anilines is 2. The maximum Gasteiger partial charge on any atom is 0.338 e. The molecule has 0 aliphatic rings. The summed E-state index contributed by atoms with van der Waals surface area (Å²) in [5.41, 5.74) is 1.72. The highest BCUT2D eigenvalue weighted by molar-refractivity contribution is 7.92. The van der Waals surface area contributed by atoms with Gasteiger partial charge < -0.3 is 14.8 Å². The fourth-order valence-electron chi connectivity index (χ4n) is 3.12. The number of para-hydroxylation sites is 1. The Hall–Kier alpha value is -3.85. The van der Waals surface area contributed by atoms with E-state index in [9.17, 15) is 18.0 Å². The average molecular weight is 483 g/mol. The second-order valence-electron chi connectivity index (χ2n) is 7.48. The maximum absolute atomic E-state index is 12.8.